The van der Waals surface area contributed by atoms with Crippen LogP contribution in [-0.2, 0) is 9.47 Å². The van der Waals surface area contributed by atoms with Crippen molar-refractivity contribution in [3.05, 3.63) is 42.7 Å². The molecule has 1 aromatic carbocycles. The molecule has 11 nitrogen and oxygen atoms in total. The molecule has 3 atom stereocenters. The number of carbonyl (C=O) groups is 1. The Bertz CT molecular complexity index is 1500. The van der Waals surface area contributed by atoms with E-state index in [9.17, 15) is 4.79 Å². The summed E-state index contributed by atoms with van der Waals surface area (Å²) < 4.78 is 16.0. The molecule has 0 saturated carbocycles. The number of nitrogens with zero attached hydrogens (tertiary/aromatic N) is 7. The Morgan fingerprint density at radius 3 is 2.77 bits per heavy atom. The minimum atomic E-state index is -0.533. The van der Waals surface area contributed by atoms with E-state index in [-0.39, 0.29) is 24.4 Å². The van der Waals surface area contributed by atoms with E-state index in [2.05, 4.69) is 37.8 Å². The summed E-state index contributed by atoms with van der Waals surface area (Å²) in [6.07, 6.45) is 8.04. The molecule has 0 spiro atoms. The summed E-state index contributed by atoms with van der Waals surface area (Å²) >= 11 is 0. The molecule has 1 amide bonds. The van der Waals surface area contributed by atoms with Crippen LogP contribution in [-0.4, -0.2) is 65.4 Å². The molecule has 0 aliphatic carbocycles. The topological polar surface area (TPSA) is 112 Å². The molecule has 1 N–H and O–H groups in total. The van der Waals surface area contributed by atoms with E-state index in [1.165, 1.54) is 0 Å². The Hall–Kier alpha value is -3.73. The second-order valence-electron chi connectivity index (χ2n) is 11.8. The predicted octanol–water partition coefficient (Wildman–Crippen LogP) is 5.62. The zero-order valence-electron chi connectivity index (χ0n) is 23.7. The third kappa shape index (κ3) is 5.22. The summed E-state index contributed by atoms with van der Waals surface area (Å²) in [5, 5.41) is 3.57. The number of nitrogens with one attached hydrogen (secondary N) is 1. The van der Waals surface area contributed by atoms with Crippen LogP contribution in [0.4, 0.5) is 10.6 Å². The maximum atomic E-state index is 12.9. The molecular formula is C29H38N8O3. The molecule has 5 heterocycles. The highest BCUT2D eigenvalue weighted by Gasteiger charge is 2.31. The number of carbonyl (C=O) groups excluding carboxylic acids is 1. The van der Waals surface area contributed by atoms with Crippen molar-refractivity contribution in [3.8, 4) is 0 Å². The SMILES string of the molecule is CC(Nc1ncnc2c1ncn2[C@@H]1CCCCO1)c1nc2ccccc2n1[C@@H]1CCCN(C(=O)OC(C)(C)C)C1. The van der Waals surface area contributed by atoms with E-state index in [1.807, 2.05) is 48.4 Å². The first-order valence-electron chi connectivity index (χ1n) is 14.3. The van der Waals surface area contributed by atoms with Gasteiger partial charge in [-0.3, -0.25) is 4.57 Å². The number of fused-ring (bicyclic) bond motifs is 2. The van der Waals surface area contributed by atoms with Gasteiger partial charge in [0.05, 0.1) is 29.4 Å². The fourth-order valence-electron chi connectivity index (χ4n) is 5.79. The summed E-state index contributed by atoms with van der Waals surface area (Å²) in [5.41, 5.74) is 2.90. The number of imidazole rings is 2. The molecular weight excluding hydrogens is 508 g/mol. The molecule has 1 unspecified atom stereocenters. The number of piperidine rings is 1. The van der Waals surface area contributed by atoms with Crippen molar-refractivity contribution < 1.29 is 14.3 Å². The number of benzene rings is 1. The van der Waals surface area contributed by atoms with E-state index in [1.54, 1.807) is 12.7 Å². The van der Waals surface area contributed by atoms with Gasteiger partial charge in [0.1, 0.15) is 24.0 Å². The lowest BCUT2D eigenvalue weighted by atomic mass is 10.0. The number of aromatic nitrogens is 6. The minimum absolute atomic E-state index is 0.0534. The van der Waals surface area contributed by atoms with Crippen LogP contribution in [0.1, 0.15) is 83.9 Å². The van der Waals surface area contributed by atoms with Gasteiger partial charge < -0.3 is 24.3 Å². The Labute approximate surface area is 233 Å². The fraction of sp³-hybridized carbons (Fsp3) is 0.552. The van der Waals surface area contributed by atoms with Gasteiger partial charge in [-0.1, -0.05) is 12.1 Å². The van der Waals surface area contributed by atoms with Crippen LogP contribution in [0, 0.1) is 0 Å². The zero-order chi connectivity index (χ0) is 27.9. The van der Waals surface area contributed by atoms with Gasteiger partial charge in [-0.05, 0) is 71.9 Å². The van der Waals surface area contributed by atoms with Crippen LogP contribution >= 0.6 is 0 Å². The van der Waals surface area contributed by atoms with Gasteiger partial charge in [0.2, 0.25) is 0 Å². The molecule has 2 fully saturated rings. The maximum absolute atomic E-state index is 12.9. The van der Waals surface area contributed by atoms with Gasteiger partial charge >= 0.3 is 6.09 Å². The normalized spacial score (nSPS) is 21.1. The smallest absolute Gasteiger partial charge is 0.410 e. The van der Waals surface area contributed by atoms with Crippen LogP contribution in [0.25, 0.3) is 22.2 Å². The third-order valence-corrected chi connectivity index (χ3v) is 7.60. The van der Waals surface area contributed by atoms with E-state index in [4.69, 9.17) is 14.5 Å². The molecule has 2 aliphatic heterocycles. The standard InChI is InChI=1S/C29H38N8O3/c1-19(33-25-24-27(31-17-30-25)36(18-32-24)23-13-7-8-15-39-23)26-34-21-11-5-6-12-22(21)37(26)20-10-9-14-35(16-20)28(38)40-29(2,3)4/h5-6,11-12,17-20,23H,7-10,13-16H2,1-4H3,(H,30,31,33)/t19?,20-,23+/m1/s1. The molecule has 6 rings (SSSR count). The number of likely N-dealkylation sites (tertiary alicyclic amines) is 1. The Morgan fingerprint density at radius 2 is 1.98 bits per heavy atom. The highest BCUT2D eigenvalue weighted by molar-refractivity contribution is 5.83. The van der Waals surface area contributed by atoms with Gasteiger partial charge in [-0.2, -0.15) is 0 Å². The lowest BCUT2D eigenvalue weighted by Gasteiger charge is -2.36. The summed E-state index contributed by atoms with van der Waals surface area (Å²) in [6.45, 7) is 9.79. The highest BCUT2D eigenvalue weighted by Crippen LogP contribution is 2.33. The van der Waals surface area contributed by atoms with Crippen molar-refractivity contribution in [2.75, 3.05) is 25.0 Å². The van der Waals surface area contributed by atoms with Crippen molar-refractivity contribution in [1.82, 2.24) is 34.0 Å². The maximum Gasteiger partial charge on any atom is 0.410 e. The van der Waals surface area contributed by atoms with Crippen molar-refractivity contribution in [3.63, 3.8) is 0 Å². The molecule has 2 aliphatic rings. The number of para-hydroxylation sites is 2. The lowest BCUT2D eigenvalue weighted by Crippen LogP contribution is -2.43. The van der Waals surface area contributed by atoms with Crippen LogP contribution in [0.2, 0.25) is 0 Å². The van der Waals surface area contributed by atoms with E-state index in [0.717, 1.165) is 61.2 Å². The van der Waals surface area contributed by atoms with Crippen LogP contribution in [0.5, 0.6) is 0 Å². The number of amides is 1. The molecule has 3 aromatic heterocycles. The molecule has 0 bridgehead atoms. The van der Waals surface area contributed by atoms with E-state index < -0.39 is 5.60 Å². The largest absolute Gasteiger partial charge is 0.444 e. The van der Waals surface area contributed by atoms with Gasteiger partial charge in [0, 0.05) is 19.7 Å². The van der Waals surface area contributed by atoms with Crippen molar-refractivity contribution >= 4 is 34.1 Å². The Kier molecular flexibility index (Phi) is 7.07. The summed E-state index contributed by atoms with van der Waals surface area (Å²) in [7, 11) is 0. The number of ether oxygens (including phenoxy) is 2. The molecule has 0 radical (unpaired) electrons. The van der Waals surface area contributed by atoms with Gasteiger partial charge in [0.25, 0.3) is 0 Å². The summed E-state index contributed by atoms with van der Waals surface area (Å²) in [5.74, 6) is 1.55. The number of anilines is 1. The summed E-state index contributed by atoms with van der Waals surface area (Å²) in [4.78, 5) is 33.5. The van der Waals surface area contributed by atoms with Crippen molar-refractivity contribution in [1.29, 1.82) is 0 Å². The predicted molar refractivity (Wildman–Crippen MR) is 152 cm³/mol. The monoisotopic (exact) mass is 546 g/mol. The fourth-order valence-corrected chi connectivity index (χ4v) is 5.79. The third-order valence-electron chi connectivity index (χ3n) is 7.60. The first-order valence-corrected chi connectivity index (χ1v) is 14.3. The van der Waals surface area contributed by atoms with Gasteiger partial charge in [-0.15, -0.1) is 0 Å². The second-order valence-corrected chi connectivity index (χ2v) is 11.8. The number of rotatable bonds is 5. The Morgan fingerprint density at radius 1 is 1.12 bits per heavy atom. The van der Waals surface area contributed by atoms with E-state index >= 15 is 0 Å². The summed E-state index contributed by atoms with van der Waals surface area (Å²) in [6, 6.07) is 8.05. The first kappa shape index (κ1) is 26.5. The molecule has 11 heteroatoms. The van der Waals surface area contributed by atoms with Crippen LogP contribution in [0.3, 0.4) is 0 Å². The average molecular weight is 547 g/mol. The van der Waals surface area contributed by atoms with Gasteiger partial charge in [0.15, 0.2) is 17.0 Å². The highest BCUT2D eigenvalue weighted by atomic mass is 16.6. The molecule has 40 heavy (non-hydrogen) atoms. The minimum Gasteiger partial charge on any atom is -0.444 e. The van der Waals surface area contributed by atoms with Crippen LogP contribution in [0.15, 0.2) is 36.9 Å². The second kappa shape index (κ2) is 10.7. The quantitative estimate of drug-likeness (QED) is 0.343. The van der Waals surface area contributed by atoms with Crippen molar-refractivity contribution in [2.24, 2.45) is 0 Å². The van der Waals surface area contributed by atoms with Crippen LogP contribution < -0.4 is 5.32 Å². The average Bonchev–Trinajstić information content (AvgIpc) is 3.55. The van der Waals surface area contributed by atoms with Crippen molar-refractivity contribution in [2.45, 2.75) is 83.7 Å². The number of hydrogen-bond acceptors (Lipinski definition) is 8. The zero-order valence-corrected chi connectivity index (χ0v) is 23.7. The number of hydrogen-bond donors (Lipinski definition) is 1. The van der Waals surface area contributed by atoms with Gasteiger partial charge in [-0.25, -0.2) is 24.7 Å². The molecule has 2 saturated heterocycles. The first-order chi connectivity index (χ1) is 19.3. The van der Waals surface area contributed by atoms with E-state index in [0.29, 0.717) is 24.4 Å². The lowest BCUT2D eigenvalue weighted by molar-refractivity contribution is -0.0298. The molecule has 4 aromatic rings. The molecule has 212 valence electrons. The Balaban J connectivity index is 1.30.